The van der Waals surface area contributed by atoms with Gasteiger partial charge in [-0.3, -0.25) is 9.78 Å². The van der Waals surface area contributed by atoms with Gasteiger partial charge in [-0.1, -0.05) is 6.07 Å². The van der Waals surface area contributed by atoms with Crippen LogP contribution >= 0.6 is 0 Å². The van der Waals surface area contributed by atoms with E-state index in [1.807, 2.05) is 23.1 Å². The molecule has 1 aliphatic rings. The number of carbonyl (C=O) groups is 1. The SMILES string of the molecule is N#Cc1nc(-c2ccco2)oc1N1CCN(C(=O)/C=C/c2ccccn2)CC1. The number of piperazine rings is 1. The maximum absolute atomic E-state index is 12.4. The Labute approximate surface area is 161 Å². The Morgan fingerprint density at radius 1 is 1.18 bits per heavy atom. The van der Waals surface area contributed by atoms with Crippen molar-refractivity contribution in [3.63, 3.8) is 0 Å². The first-order valence-electron chi connectivity index (χ1n) is 8.82. The number of anilines is 1. The van der Waals surface area contributed by atoms with E-state index in [4.69, 9.17) is 8.83 Å². The lowest BCUT2D eigenvalue weighted by atomic mass is 10.2. The predicted octanol–water partition coefficient (Wildman–Crippen LogP) is 2.56. The van der Waals surface area contributed by atoms with Gasteiger partial charge in [-0.2, -0.15) is 10.2 Å². The molecule has 8 heteroatoms. The van der Waals surface area contributed by atoms with Crippen LogP contribution in [-0.4, -0.2) is 47.0 Å². The highest BCUT2D eigenvalue weighted by Gasteiger charge is 2.26. The third-order valence-electron chi connectivity index (χ3n) is 4.41. The molecule has 0 spiro atoms. The van der Waals surface area contributed by atoms with Gasteiger partial charge in [0.25, 0.3) is 5.89 Å². The number of furan rings is 1. The van der Waals surface area contributed by atoms with Gasteiger partial charge < -0.3 is 18.6 Å². The van der Waals surface area contributed by atoms with Crippen LogP contribution in [0.3, 0.4) is 0 Å². The number of amides is 1. The summed E-state index contributed by atoms with van der Waals surface area (Å²) >= 11 is 0. The largest absolute Gasteiger partial charge is 0.459 e. The summed E-state index contributed by atoms with van der Waals surface area (Å²) in [5.41, 5.74) is 0.946. The van der Waals surface area contributed by atoms with E-state index in [-0.39, 0.29) is 17.5 Å². The van der Waals surface area contributed by atoms with Crippen LogP contribution in [0.1, 0.15) is 11.4 Å². The lowest BCUT2D eigenvalue weighted by Crippen LogP contribution is -2.48. The first kappa shape index (κ1) is 17.5. The third-order valence-corrected chi connectivity index (χ3v) is 4.41. The molecule has 0 radical (unpaired) electrons. The maximum atomic E-state index is 12.4. The first-order valence-corrected chi connectivity index (χ1v) is 8.82. The zero-order valence-corrected chi connectivity index (χ0v) is 15.0. The van der Waals surface area contributed by atoms with Gasteiger partial charge in [-0.25, -0.2) is 0 Å². The number of nitrogens with zero attached hydrogens (tertiary/aromatic N) is 5. The van der Waals surface area contributed by atoms with Gasteiger partial charge in [0.15, 0.2) is 5.76 Å². The number of pyridine rings is 1. The fraction of sp³-hybridized carbons (Fsp3) is 0.200. The van der Waals surface area contributed by atoms with E-state index in [1.54, 1.807) is 29.3 Å². The van der Waals surface area contributed by atoms with Crippen molar-refractivity contribution in [3.05, 3.63) is 60.3 Å². The van der Waals surface area contributed by atoms with Crippen molar-refractivity contribution in [1.29, 1.82) is 5.26 Å². The molecule has 0 N–H and O–H groups in total. The summed E-state index contributed by atoms with van der Waals surface area (Å²) in [6, 6.07) is 11.1. The molecule has 1 amide bonds. The van der Waals surface area contributed by atoms with Crippen LogP contribution in [0.2, 0.25) is 0 Å². The summed E-state index contributed by atoms with van der Waals surface area (Å²) in [7, 11) is 0. The lowest BCUT2D eigenvalue weighted by Gasteiger charge is -2.33. The lowest BCUT2D eigenvalue weighted by molar-refractivity contribution is -0.126. The molecule has 3 aromatic heterocycles. The van der Waals surface area contributed by atoms with Gasteiger partial charge in [0, 0.05) is 38.5 Å². The summed E-state index contributed by atoms with van der Waals surface area (Å²) in [6.07, 6.45) is 6.44. The molecule has 0 aromatic carbocycles. The Morgan fingerprint density at radius 3 is 2.71 bits per heavy atom. The molecule has 3 aromatic rings. The molecule has 0 aliphatic carbocycles. The normalized spacial score (nSPS) is 14.4. The number of rotatable bonds is 4. The van der Waals surface area contributed by atoms with Crippen LogP contribution in [-0.2, 0) is 4.79 Å². The summed E-state index contributed by atoms with van der Waals surface area (Å²) in [5.74, 6) is 1.08. The molecular weight excluding hydrogens is 358 g/mol. The van der Waals surface area contributed by atoms with E-state index in [0.29, 0.717) is 37.8 Å². The van der Waals surface area contributed by atoms with Crippen molar-refractivity contribution in [2.24, 2.45) is 0 Å². The van der Waals surface area contributed by atoms with Crippen LogP contribution in [0.15, 0.2) is 57.7 Å². The molecule has 1 aliphatic heterocycles. The molecule has 4 rings (SSSR count). The van der Waals surface area contributed by atoms with Crippen molar-refractivity contribution in [3.8, 4) is 17.7 Å². The third kappa shape index (κ3) is 3.64. The molecular formula is C20H17N5O3. The van der Waals surface area contributed by atoms with E-state index in [1.165, 1.54) is 12.3 Å². The minimum absolute atomic E-state index is 0.0698. The zero-order chi connectivity index (χ0) is 19.3. The van der Waals surface area contributed by atoms with Crippen LogP contribution in [0.4, 0.5) is 5.88 Å². The van der Waals surface area contributed by atoms with Crippen molar-refractivity contribution < 1.29 is 13.6 Å². The number of aromatic nitrogens is 2. The average Bonchev–Trinajstić information content (AvgIpc) is 3.42. The number of oxazole rings is 1. The van der Waals surface area contributed by atoms with Gasteiger partial charge in [-0.05, 0) is 30.3 Å². The molecule has 8 nitrogen and oxygen atoms in total. The van der Waals surface area contributed by atoms with E-state index in [0.717, 1.165) is 5.69 Å². The van der Waals surface area contributed by atoms with Crippen molar-refractivity contribution >= 4 is 17.9 Å². The Hall–Kier alpha value is -3.86. The Morgan fingerprint density at radius 2 is 2.04 bits per heavy atom. The van der Waals surface area contributed by atoms with Gasteiger partial charge >= 0.3 is 0 Å². The van der Waals surface area contributed by atoms with Gasteiger partial charge in [0.05, 0.1) is 12.0 Å². The minimum Gasteiger partial charge on any atom is -0.459 e. The quantitative estimate of drug-likeness (QED) is 0.646. The molecule has 0 bridgehead atoms. The van der Waals surface area contributed by atoms with Crippen molar-refractivity contribution in [2.75, 3.05) is 31.1 Å². The number of nitriles is 1. The summed E-state index contributed by atoms with van der Waals surface area (Å²) in [6.45, 7) is 2.13. The molecule has 140 valence electrons. The number of hydrogen-bond acceptors (Lipinski definition) is 7. The van der Waals surface area contributed by atoms with E-state index < -0.39 is 0 Å². The van der Waals surface area contributed by atoms with Gasteiger partial charge in [-0.15, -0.1) is 0 Å². The second-order valence-corrected chi connectivity index (χ2v) is 6.16. The topological polar surface area (TPSA) is 99.4 Å². The smallest absolute Gasteiger partial charge is 0.266 e. The fourth-order valence-electron chi connectivity index (χ4n) is 2.97. The summed E-state index contributed by atoms with van der Waals surface area (Å²) < 4.78 is 11.0. The minimum atomic E-state index is -0.0698. The predicted molar refractivity (Wildman–Crippen MR) is 101 cm³/mol. The van der Waals surface area contributed by atoms with Crippen LogP contribution in [0.25, 0.3) is 17.7 Å². The second-order valence-electron chi connectivity index (χ2n) is 6.16. The van der Waals surface area contributed by atoms with Crippen LogP contribution in [0.5, 0.6) is 0 Å². The van der Waals surface area contributed by atoms with E-state index >= 15 is 0 Å². The monoisotopic (exact) mass is 375 g/mol. The fourth-order valence-corrected chi connectivity index (χ4v) is 2.97. The highest BCUT2D eigenvalue weighted by molar-refractivity contribution is 5.91. The Balaban J connectivity index is 1.41. The van der Waals surface area contributed by atoms with Crippen LogP contribution < -0.4 is 4.90 Å². The Kier molecular flexibility index (Phi) is 4.89. The van der Waals surface area contributed by atoms with E-state index in [9.17, 15) is 10.1 Å². The maximum Gasteiger partial charge on any atom is 0.266 e. The van der Waals surface area contributed by atoms with Gasteiger partial charge in [0.2, 0.25) is 17.5 Å². The van der Waals surface area contributed by atoms with Gasteiger partial charge in [0.1, 0.15) is 6.07 Å². The average molecular weight is 375 g/mol. The molecule has 28 heavy (non-hydrogen) atoms. The molecule has 0 atom stereocenters. The van der Waals surface area contributed by atoms with Crippen molar-refractivity contribution in [2.45, 2.75) is 0 Å². The first-order chi connectivity index (χ1) is 13.7. The zero-order valence-electron chi connectivity index (χ0n) is 15.0. The van der Waals surface area contributed by atoms with Crippen LogP contribution in [0, 0.1) is 11.3 Å². The second kappa shape index (κ2) is 7.80. The summed E-state index contributed by atoms with van der Waals surface area (Å²) in [5, 5.41) is 9.37. The van der Waals surface area contributed by atoms with Crippen molar-refractivity contribution in [1.82, 2.24) is 14.9 Å². The Bertz CT molecular complexity index is 1010. The number of hydrogen-bond donors (Lipinski definition) is 0. The summed E-state index contributed by atoms with van der Waals surface area (Å²) in [4.78, 5) is 24.4. The highest BCUT2D eigenvalue weighted by Crippen LogP contribution is 2.29. The number of carbonyl (C=O) groups excluding carboxylic acids is 1. The molecule has 0 unspecified atom stereocenters. The highest BCUT2D eigenvalue weighted by atomic mass is 16.4. The standard InChI is InChI=1S/C20H17N5O3/c21-14-16-20(28-19(23-16)17-5-3-13-27-17)25-11-9-24(10-12-25)18(26)7-6-15-4-1-2-8-22-15/h1-8,13H,9-12H2/b7-6+. The molecule has 1 fully saturated rings. The van der Waals surface area contributed by atoms with E-state index in [2.05, 4.69) is 16.0 Å². The molecule has 0 saturated carbocycles. The molecule has 4 heterocycles. The molecule has 1 saturated heterocycles.